The van der Waals surface area contributed by atoms with Crippen LogP contribution in [0, 0.1) is 23.2 Å². The first-order valence-corrected chi connectivity index (χ1v) is 14.9. The van der Waals surface area contributed by atoms with E-state index in [-0.39, 0.29) is 11.2 Å². The smallest absolute Gasteiger partial charge is 0.169 e. The van der Waals surface area contributed by atoms with Crippen LogP contribution in [-0.4, -0.2) is 61.1 Å². The number of nitriles is 1. The minimum absolute atomic E-state index is 0.130. The number of hydrogen-bond donors (Lipinski definition) is 1. The summed E-state index contributed by atoms with van der Waals surface area (Å²) >= 11 is 0. The molecule has 1 aromatic heterocycles. The van der Waals surface area contributed by atoms with Gasteiger partial charge in [-0.05, 0) is 93.9 Å². The number of rotatable bonds is 2. The van der Waals surface area contributed by atoms with Crippen LogP contribution < -0.4 is 4.90 Å². The quantitative estimate of drug-likeness (QED) is 0.453. The summed E-state index contributed by atoms with van der Waals surface area (Å²) < 4.78 is 5.90. The summed E-state index contributed by atoms with van der Waals surface area (Å²) in [4.78, 5) is 22.9. The Labute approximate surface area is 236 Å². The molecule has 1 spiro atoms. The van der Waals surface area contributed by atoms with Crippen molar-refractivity contribution in [3.63, 3.8) is 0 Å². The maximum Gasteiger partial charge on any atom is 0.169 e. The van der Waals surface area contributed by atoms with Crippen molar-refractivity contribution in [2.75, 3.05) is 44.3 Å². The van der Waals surface area contributed by atoms with Gasteiger partial charge in [0, 0.05) is 71.9 Å². The molecule has 3 saturated heterocycles. The molecule has 3 aliphatic heterocycles. The van der Waals surface area contributed by atoms with E-state index in [4.69, 9.17) is 4.74 Å². The van der Waals surface area contributed by atoms with Crippen LogP contribution in [0.3, 0.4) is 0 Å². The topological polar surface area (TPSA) is 72.4 Å². The average molecular weight is 533 g/mol. The molecule has 6 nitrogen and oxygen atoms in total. The molecule has 3 fully saturated rings. The number of Topliss-reactive ketones (excluding diaryl/α,β-unsaturated/α-hetero) is 1. The Morgan fingerprint density at radius 1 is 1.05 bits per heavy atom. The number of anilines is 1. The molecule has 0 radical (unpaired) electrons. The average Bonchev–Trinajstić information content (AvgIpc) is 3.65. The van der Waals surface area contributed by atoms with Crippen LogP contribution in [0.4, 0.5) is 5.69 Å². The number of hydrogen-bond acceptors (Lipinski definition) is 5. The lowest BCUT2D eigenvalue weighted by Gasteiger charge is -2.41. The number of benzene rings is 2. The van der Waals surface area contributed by atoms with Gasteiger partial charge in [0.2, 0.25) is 0 Å². The number of ketones is 1. The summed E-state index contributed by atoms with van der Waals surface area (Å²) in [5.41, 5.74) is 7.47. The molecule has 4 heterocycles. The predicted octanol–water partition coefficient (Wildman–Crippen LogP) is 5.31. The molecule has 0 atom stereocenters. The molecule has 204 valence electrons. The van der Waals surface area contributed by atoms with E-state index in [9.17, 15) is 10.1 Å². The normalized spacial score (nSPS) is 21.0. The molecule has 1 N–H and O–H groups in total. The molecule has 7 rings (SSSR count). The molecule has 2 aromatic carbocycles. The third kappa shape index (κ3) is 4.05. The highest BCUT2D eigenvalue weighted by atomic mass is 16.5. The van der Waals surface area contributed by atoms with Crippen molar-refractivity contribution in [2.24, 2.45) is 0 Å². The molecule has 4 aliphatic rings. The SMILES string of the molecule is CC#Cc1cc2c(cc1N1CCC(N3CCCC3)CC1)C1(CCOCC1)c1[nH]c3cc(C#N)ccc3c1C(=O)C2. The molecule has 0 saturated carbocycles. The highest BCUT2D eigenvalue weighted by Crippen LogP contribution is 2.49. The largest absolute Gasteiger partial charge is 0.381 e. The Hall–Kier alpha value is -3.58. The van der Waals surface area contributed by atoms with Crippen LogP contribution >= 0.6 is 0 Å². The van der Waals surface area contributed by atoms with E-state index >= 15 is 0 Å². The van der Waals surface area contributed by atoms with Gasteiger partial charge in [-0.2, -0.15) is 5.26 Å². The van der Waals surface area contributed by atoms with Gasteiger partial charge in [-0.3, -0.25) is 4.79 Å². The van der Waals surface area contributed by atoms with Gasteiger partial charge in [0.25, 0.3) is 0 Å². The van der Waals surface area contributed by atoms with Gasteiger partial charge in [0.05, 0.1) is 17.3 Å². The van der Waals surface area contributed by atoms with Crippen molar-refractivity contribution in [1.82, 2.24) is 9.88 Å². The summed E-state index contributed by atoms with van der Waals surface area (Å²) in [6, 6.07) is 13.2. The van der Waals surface area contributed by atoms with Gasteiger partial charge < -0.3 is 19.5 Å². The van der Waals surface area contributed by atoms with Gasteiger partial charge in [-0.1, -0.05) is 12.0 Å². The molecular formula is C34H36N4O2. The molecule has 0 amide bonds. The second-order valence-electron chi connectivity index (χ2n) is 11.9. The fourth-order valence-electron chi connectivity index (χ4n) is 7.85. The van der Waals surface area contributed by atoms with Crippen molar-refractivity contribution < 1.29 is 9.53 Å². The predicted molar refractivity (Wildman–Crippen MR) is 157 cm³/mol. The molecule has 0 unspecified atom stereocenters. The fourth-order valence-corrected chi connectivity index (χ4v) is 7.85. The second-order valence-corrected chi connectivity index (χ2v) is 11.9. The zero-order valence-corrected chi connectivity index (χ0v) is 23.3. The van der Waals surface area contributed by atoms with Crippen LogP contribution in [0.25, 0.3) is 10.9 Å². The number of aromatic amines is 1. The lowest BCUT2D eigenvalue weighted by Crippen LogP contribution is -2.44. The Kier molecular flexibility index (Phi) is 6.42. The number of nitrogens with zero attached hydrogens (tertiary/aromatic N) is 3. The number of ether oxygens (including phenoxy) is 1. The van der Waals surface area contributed by atoms with E-state index in [1.165, 1.54) is 50.0 Å². The summed E-state index contributed by atoms with van der Waals surface area (Å²) in [5.74, 6) is 6.67. The van der Waals surface area contributed by atoms with Crippen LogP contribution in [0.2, 0.25) is 0 Å². The van der Waals surface area contributed by atoms with Gasteiger partial charge in [0.1, 0.15) is 0 Å². The number of H-pyrrole nitrogens is 1. The van der Waals surface area contributed by atoms with Gasteiger partial charge in [-0.15, -0.1) is 5.92 Å². The Balaban J connectivity index is 1.36. The summed E-state index contributed by atoms with van der Waals surface area (Å²) in [6.07, 6.45) is 7.01. The molecule has 6 heteroatoms. The zero-order valence-electron chi connectivity index (χ0n) is 23.3. The third-order valence-corrected chi connectivity index (χ3v) is 9.84. The molecule has 3 aromatic rings. The number of carbonyl (C=O) groups excluding carboxylic acids is 1. The first-order valence-electron chi connectivity index (χ1n) is 14.9. The highest BCUT2D eigenvalue weighted by molar-refractivity contribution is 6.11. The first kappa shape index (κ1) is 25.4. The highest BCUT2D eigenvalue weighted by Gasteiger charge is 2.45. The van der Waals surface area contributed by atoms with Gasteiger partial charge in [-0.25, -0.2) is 0 Å². The number of aromatic nitrogens is 1. The maximum absolute atomic E-state index is 14.0. The van der Waals surface area contributed by atoms with E-state index in [0.29, 0.717) is 31.2 Å². The van der Waals surface area contributed by atoms with Crippen molar-refractivity contribution in [3.8, 4) is 17.9 Å². The van der Waals surface area contributed by atoms with Crippen molar-refractivity contribution in [2.45, 2.75) is 63.3 Å². The monoisotopic (exact) mass is 532 g/mol. The van der Waals surface area contributed by atoms with Crippen molar-refractivity contribution >= 4 is 22.4 Å². The van der Waals surface area contributed by atoms with Crippen LogP contribution in [0.15, 0.2) is 30.3 Å². The molecule has 0 bridgehead atoms. The molecule has 1 aliphatic carbocycles. The Bertz CT molecular complexity index is 1580. The van der Waals surface area contributed by atoms with E-state index in [2.05, 4.69) is 44.8 Å². The first-order chi connectivity index (χ1) is 19.6. The third-order valence-electron chi connectivity index (χ3n) is 9.84. The number of piperidine rings is 1. The minimum Gasteiger partial charge on any atom is -0.381 e. The summed E-state index contributed by atoms with van der Waals surface area (Å²) in [6.45, 7) is 7.75. The van der Waals surface area contributed by atoms with E-state index in [1.54, 1.807) is 0 Å². The van der Waals surface area contributed by atoms with E-state index in [1.807, 2.05) is 25.1 Å². The fraction of sp³-hybridized carbons (Fsp3) is 0.471. The number of fused-ring (bicyclic) bond motifs is 6. The zero-order chi connectivity index (χ0) is 27.3. The minimum atomic E-state index is -0.346. The summed E-state index contributed by atoms with van der Waals surface area (Å²) in [5, 5.41) is 10.4. The lowest BCUT2D eigenvalue weighted by atomic mass is 9.69. The van der Waals surface area contributed by atoms with Crippen molar-refractivity contribution in [3.05, 3.63) is 63.8 Å². The standard InChI is InChI=1S/C34H36N4O2/c1-2-5-24-19-25-20-31(39)32-27-7-6-23(22-35)18-29(27)36-33(32)34(10-16-40-17-11-34)28(25)21-30(24)38-14-8-26(9-15-38)37-12-3-4-13-37/h6-7,18-19,21,26,36H,3-4,8-17,20H2,1H3. The molecule has 40 heavy (non-hydrogen) atoms. The lowest BCUT2D eigenvalue weighted by molar-refractivity contribution is 0.0618. The molecular weight excluding hydrogens is 496 g/mol. The Morgan fingerprint density at radius 3 is 2.55 bits per heavy atom. The van der Waals surface area contributed by atoms with Crippen LogP contribution in [-0.2, 0) is 16.6 Å². The van der Waals surface area contributed by atoms with Gasteiger partial charge >= 0.3 is 0 Å². The number of nitrogens with one attached hydrogen (secondary N) is 1. The van der Waals surface area contributed by atoms with Crippen LogP contribution in [0.5, 0.6) is 0 Å². The Morgan fingerprint density at radius 2 is 1.82 bits per heavy atom. The second kappa shape index (κ2) is 10.1. The maximum atomic E-state index is 14.0. The summed E-state index contributed by atoms with van der Waals surface area (Å²) in [7, 11) is 0. The van der Waals surface area contributed by atoms with Crippen LogP contribution in [0.1, 0.15) is 83.8 Å². The van der Waals surface area contributed by atoms with Gasteiger partial charge in [0.15, 0.2) is 5.78 Å². The van der Waals surface area contributed by atoms with E-state index in [0.717, 1.165) is 59.2 Å². The van der Waals surface area contributed by atoms with Crippen molar-refractivity contribution in [1.29, 1.82) is 5.26 Å². The van der Waals surface area contributed by atoms with E-state index < -0.39 is 0 Å². The number of carbonyl (C=O) groups is 1. The number of likely N-dealkylation sites (tertiary alicyclic amines) is 1.